The van der Waals surface area contributed by atoms with Crippen LogP contribution < -0.4 is 4.74 Å². The number of carbonyl (C=O) groups is 1. The number of piperidine rings is 1. The van der Waals surface area contributed by atoms with Crippen LogP contribution in [0.1, 0.15) is 43.0 Å². The van der Waals surface area contributed by atoms with Gasteiger partial charge in [-0.3, -0.25) is 14.7 Å². The quantitative estimate of drug-likeness (QED) is 0.370. The fourth-order valence-corrected chi connectivity index (χ4v) is 5.19. The average molecular weight is 509 g/mol. The number of hydrogen-bond donors (Lipinski definition) is 1. The van der Waals surface area contributed by atoms with Crippen molar-refractivity contribution in [3.8, 4) is 17.6 Å². The number of carboxylic acids is 1. The van der Waals surface area contributed by atoms with E-state index in [0.717, 1.165) is 29.4 Å². The largest absolute Gasteiger partial charge is 0.497 e. The van der Waals surface area contributed by atoms with E-state index >= 15 is 4.39 Å². The molecule has 1 aliphatic heterocycles. The van der Waals surface area contributed by atoms with E-state index in [1.807, 2.05) is 42.5 Å². The van der Waals surface area contributed by atoms with Gasteiger partial charge in [0.1, 0.15) is 11.9 Å². The molecule has 1 aromatic heterocycles. The van der Waals surface area contributed by atoms with Gasteiger partial charge >= 0.3 is 5.97 Å². The summed E-state index contributed by atoms with van der Waals surface area (Å²) in [5, 5.41) is 10.9. The lowest BCUT2D eigenvalue weighted by molar-refractivity contribution is -0.139. The fraction of sp³-hybridized carbons (Fsp3) is 0.379. The van der Waals surface area contributed by atoms with Crippen molar-refractivity contribution in [1.82, 2.24) is 9.88 Å². The molecule has 2 aromatic carbocycles. The number of aliphatic carboxylic acids is 1. The minimum absolute atomic E-state index is 0.0418. The third-order valence-electron chi connectivity index (χ3n) is 6.92. The summed E-state index contributed by atoms with van der Waals surface area (Å²) in [5.74, 6) is 6.22. The van der Waals surface area contributed by atoms with E-state index in [9.17, 15) is 9.90 Å². The lowest BCUT2D eigenvalue weighted by Gasteiger charge is -2.37. The first kappa shape index (κ1) is 25.9. The number of hydrogen-bond acceptors (Lipinski definition) is 4. The molecule has 0 saturated carbocycles. The molecule has 1 N–H and O–H groups in total. The van der Waals surface area contributed by atoms with E-state index in [4.69, 9.17) is 16.3 Å². The normalized spacial score (nSPS) is 18.9. The van der Waals surface area contributed by atoms with Crippen LogP contribution >= 0.6 is 11.6 Å². The van der Waals surface area contributed by atoms with Gasteiger partial charge < -0.3 is 9.84 Å². The molecule has 1 saturated heterocycles. The van der Waals surface area contributed by atoms with Gasteiger partial charge in [0.15, 0.2) is 0 Å². The first-order valence-electron chi connectivity index (χ1n) is 12.2. The zero-order valence-electron chi connectivity index (χ0n) is 20.3. The van der Waals surface area contributed by atoms with Crippen molar-refractivity contribution in [2.75, 3.05) is 26.7 Å². The highest BCUT2D eigenvalue weighted by Crippen LogP contribution is 2.36. The number of fused-ring (bicyclic) bond motifs is 1. The molecule has 3 aromatic rings. The average Bonchev–Trinajstić information content (AvgIpc) is 2.88. The van der Waals surface area contributed by atoms with Gasteiger partial charge in [-0.15, -0.1) is 0 Å². The van der Waals surface area contributed by atoms with Crippen LogP contribution in [0.5, 0.6) is 5.75 Å². The van der Waals surface area contributed by atoms with E-state index < -0.39 is 12.1 Å². The molecule has 0 aliphatic carbocycles. The number of alkyl halides is 1. The number of nitrogens with zero attached hydrogens (tertiary/aromatic N) is 2. The van der Waals surface area contributed by atoms with Gasteiger partial charge in [-0.1, -0.05) is 35.6 Å². The lowest BCUT2D eigenvalue weighted by Crippen LogP contribution is -2.41. The molecule has 5 nitrogen and oxygen atoms in total. The smallest absolute Gasteiger partial charge is 0.303 e. The minimum atomic E-state index is -1.16. The predicted octanol–water partition coefficient (Wildman–Crippen LogP) is 6.15. The Balaban J connectivity index is 1.39. The summed E-state index contributed by atoms with van der Waals surface area (Å²) in [6.45, 7) is 2.00. The minimum Gasteiger partial charge on any atom is -0.497 e. The number of halogens is 2. The number of ether oxygens (including phenoxy) is 1. The van der Waals surface area contributed by atoms with E-state index in [2.05, 4.69) is 21.7 Å². The van der Waals surface area contributed by atoms with Crippen LogP contribution in [-0.2, 0) is 4.79 Å². The summed E-state index contributed by atoms with van der Waals surface area (Å²) in [5.41, 5.74) is 2.11. The summed E-state index contributed by atoms with van der Waals surface area (Å²) >= 11 is 6.18. The Hall–Kier alpha value is -3.14. The summed E-state index contributed by atoms with van der Waals surface area (Å²) in [7, 11) is 1.58. The van der Waals surface area contributed by atoms with Gasteiger partial charge in [-0.05, 0) is 79.6 Å². The molecule has 3 atom stereocenters. The second kappa shape index (κ2) is 12.2. The zero-order chi connectivity index (χ0) is 25.5. The maximum atomic E-state index is 15.5. The van der Waals surface area contributed by atoms with Crippen LogP contribution in [-0.4, -0.2) is 47.7 Å². The van der Waals surface area contributed by atoms with Crippen molar-refractivity contribution in [3.63, 3.8) is 0 Å². The Morgan fingerprint density at radius 3 is 2.89 bits per heavy atom. The molecular formula is C29H30ClFN2O3. The molecule has 0 spiro atoms. The topological polar surface area (TPSA) is 62.7 Å². The number of aromatic nitrogens is 1. The maximum Gasteiger partial charge on any atom is 0.303 e. The van der Waals surface area contributed by atoms with Gasteiger partial charge in [0.25, 0.3) is 0 Å². The number of benzene rings is 2. The molecule has 36 heavy (non-hydrogen) atoms. The molecular weight excluding hydrogens is 479 g/mol. The molecule has 1 aliphatic rings. The molecule has 0 bridgehead atoms. The number of carboxylic acid groups (broad SMARTS) is 1. The van der Waals surface area contributed by atoms with Gasteiger partial charge in [0.05, 0.1) is 24.2 Å². The van der Waals surface area contributed by atoms with Gasteiger partial charge in [-0.2, -0.15) is 0 Å². The van der Waals surface area contributed by atoms with Crippen molar-refractivity contribution in [1.29, 1.82) is 0 Å². The molecule has 4 rings (SSSR count). The molecule has 0 amide bonds. The van der Waals surface area contributed by atoms with Gasteiger partial charge in [-0.25, -0.2) is 4.39 Å². The third kappa shape index (κ3) is 6.54. The van der Waals surface area contributed by atoms with Crippen LogP contribution in [0.2, 0.25) is 5.02 Å². The van der Waals surface area contributed by atoms with Crippen LogP contribution in [0.4, 0.5) is 4.39 Å². The first-order chi connectivity index (χ1) is 17.4. The van der Waals surface area contributed by atoms with E-state index in [0.29, 0.717) is 42.3 Å². The predicted molar refractivity (Wildman–Crippen MR) is 140 cm³/mol. The highest BCUT2D eigenvalue weighted by molar-refractivity contribution is 6.31. The van der Waals surface area contributed by atoms with Crippen LogP contribution in [0, 0.1) is 23.7 Å². The van der Waals surface area contributed by atoms with Gasteiger partial charge in [0.2, 0.25) is 0 Å². The Labute approximate surface area is 216 Å². The highest BCUT2D eigenvalue weighted by atomic mass is 35.5. The molecule has 7 heteroatoms. The van der Waals surface area contributed by atoms with Crippen molar-refractivity contribution in [2.24, 2.45) is 11.8 Å². The van der Waals surface area contributed by atoms with Crippen molar-refractivity contribution >= 4 is 28.5 Å². The third-order valence-corrected chi connectivity index (χ3v) is 7.25. The molecule has 2 heterocycles. The monoisotopic (exact) mass is 508 g/mol. The molecule has 1 fully saturated rings. The van der Waals surface area contributed by atoms with Crippen LogP contribution in [0.25, 0.3) is 10.9 Å². The maximum absolute atomic E-state index is 15.5. The second-order valence-corrected chi connectivity index (χ2v) is 9.66. The Morgan fingerprint density at radius 2 is 2.11 bits per heavy atom. The molecule has 1 unspecified atom stereocenters. The van der Waals surface area contributed by atoms with Gasteiger partial charge in [0, 0.05) is 30.1 Å². The number of rotatable bonds is 8. The Bertz CT molecular complexity index is 1270. The SMILES string of the molecule is COc1ccc2nccc(C(F)CC[C@@H]3CCN(CC#Cc4ccccc4Cl)C[C@@H]3CC(=O)O)c2c1. The standard InChI is InChI=1S/C29H30ClFN2O3/c1-36-23-9-11-28-25(18-23)24(12-14-32-28)27(31)10-8-20-13-16-33(19-22(20)17-29(34)35)15-4-6-21-5-2-3-7-26(21)30/h2-3,5,7,9,11-12,14,18,20,22,27H,8,10,13,15-17,19H2,1H3,(H,34,35)/t20-,22+,27?/m1/s1. The summed E-state index contributed by atoms with van der Waals surface area (Å²) in [4.78, 5) is 18.1. The first-order valence-corrected chi connectivity index (χ1v) is 12.6. The van der Waals surface area contributed by atoms with Crippen molar-refractivity contribution < 1.29 is 19.0 Å². The number of methoxy groups -OCH3 is 1. The number of pyridine rings is 1. The second-order valence-electron chi connectivity index (χ2n) is 9.25. The number of likely N-dealkylation sites (tertiary alicyclic amines) is 1. The summed E-state index contributed by atoms with van der Waals surface area (Å²) in [6, 6.07) is 14.6. The van der Waals surface area contributed by atoms with E-state index in [-0.39, 0.29) is 18.3 Å². The molecule has 188 valence electrons. The van der Waals surface area contributed by atoms with Crippen molar-refractivity contribution in [3.05, 3.63) is 70.9 Å². The van der Waals surface area contributed by atoms with Crippen LogP contribution in [0.3, 0.4) is 0 Å². The van der Waals surface area contributed by atoms with E-state index in [1.165, 1.54) is 0 Å². The van der Waals surface area contributed by atoms with Crippen LogP contribution in [0.15, 0.2) is 54.7 Å². The Morgan fingerprint density at radius 1 is 1.28 bits per heavy atom. The Kier molecular flexibility index (Phi) is 8.79. The lowest BCUT2D eigenvalue weighted by atomic mass is 9.79. The van der Waals surface area contributed by atoms with E-state index in [1.54, 1.807) is 19.4 Å². The zero-order valence-corrected chi connectivity index (χ0v) is 21.0. The summed E-state index contributed by atoms with van der Waals surface area (Å²) in [6.07, 6.45) is 2.34. The molecule has 0 radical (unpaired) electrons. The fourth-order valence-electron chi connectivity index (χ4n) is 5.01. The van der Waals surface area contributed by atoms with Crippen molar-refractivity contribution in [2.45, 2.75) is 31.9 Å². The highest BCUT2D eigenvalue weighted by Gasteiger charge is 2.31. The summed E-state index contributed by atoms with van der Waals surface area (Å²) < 4.78 is 20.8.